The van der Waals surface area contributed by atoms with Gasteiger partial charge in [-0.15, -0.1) is 0 Å². The average molecular weight is 343 g/mol. The monoisotopic (exact) mass is 343 g/mol. The van der Waals surface area contributed by atoms with E-state index < -0.39 is 0 Å². The van der Waals surface area contributed by atoms with Gasteiger partial charge in [-0.3, -0.25) is 4.79 Å². The van der Waals surface area contributed by atoms with Gasteiger partial charge in [0.15, 0.2) is 6.61 Å². The van der Waals surface area contributed by atoms with Crippen LogP contribution in [-0.2, 0) is 11.2 Å². The second kappa shape index (κ2) is 7.04. The van der Waals surface area contributed by atoms with Crippen molar-refractivity contribution in [3.05, 3.63) is 84.4 Å². The second-order valence-electron chi connectivity index (χ2n) is 6.62. The van der Waals surface area contributed by atoms with Gasteiger partial charge in [0, 0.05) is 11.7 Å². The van der Waals surface area contributed by atoms with Gasteiger partial charge >= 0.3 is 0 Å². The first-order valence-corrected chi connectivity index (χ1v) is 8.90. The van der Waals surface area contributed by atoms with Crippen LogP contribution in [0.15, 0.2) is 78.9 Å². The molecule has 0 spiro atoms. The highest BCUT2D eigenvalue weighted by Gasteiger charge is 2.30. The second-order valence-corrected chi connectivity index (χ2v) is 6.62. The highest BCUT2D eigenvalue weighted by molar-refractivity contribution is 5.97. The number of nitrogens with zero attached hydrogens (tertiary/aromatic N) is 1. The molecule has 1 heterocycles. The maximum Gasteiger partial charge on any atom is 0.265 e. The minimum atomic E-state index is -0.00501. The first kappa shape index (κ1) is 16.4. The molecule has 1 aliphatic rings. The maximum absolute atomic E-state index is 12.7. The number of hydrogen-bond donors (Lipinski definition) is 0. The van der Waals surface area contributed by atoms with Crippen LogP contribution in [0, 0.1) is 0 Å². The van der Waals surface area contributed by atoms with Gasteiger partial charge < -0.3 is 9.64 Å². The molecule has 3 aromatic carbocycles. The summed E-state index contributed by atoms with van der Waals surface area (Å²) >= 11 is 0. The number of fused-ring (bicyclic) bond motifs is 1. The van der Waals surface area contributed by atoms with Crippen LogP contribution in [0.5, 0.6) is 5.75 Å². The summed E-state index contributed by atoms with van der Waals surface area (Å²) in [6.45, 7) is 2.12. The molecule has 0 radical (unpaired) electrons. The van der Waals surface area contributed by atoms with E-state index in [-0.39, 0.29) is 18.6 Å². The largest absolute Gasteiger partial charge is 0.484 e. The highest BCUT2D eigenvalue weighted by Crippen LogP contribution is 2.32. The summed E-state index contributed by atoms with van der Waals surface area (Å²) in [5.41, 5.74) is 4.53. The molecule has 3 aromatic rings. The van der Waals surface area contributed by atoms with Crippen molar-refractivity contribution in [2.45, 2.75) is 19.4 Å². The highest BCUT2D eigenvalue weighted by atomic mass is 16.5. The van der Waals surface area contributed by atoms with Crippen molar-refractivity contribution in [2.75, 3.05) is 11.5 Å². The third kappa shape index (κ3) is 3.21. The van der Waals surface area contributed by atoms with E-state index in [0.29, 0.717) is 5.75 Å². The lowest BCUT2D eigenvalue weighted by atomic mass is 10.1. The summed E-state index contributed by atoms with van der Waals surface area (Å²) in [5, 5.41) is 0. The summed E-state index contributed by atoms with van der Waals surface area (Å²) in [6.07, 6.45) is 0.897. The number of carbonyl (C=O) groups is 1. The molecule has 1 amide bonds. The normalized spacial score (nSPS) is 15.6. The molecular formula is C23H21NO2. The van der Waals surface area contributed by atoms with E-state index in [1.807, 2.05) is 65.6 Å². The average Bonchev–Trinajstić information content (AvgIpc) is 3.03. The first-order valence-electron chi connectivity index (χ1n) is 8.90. The van der Waals surface area contributed by atoms with Gasteiger partial charge in [-0.25, -0.2) is 0 Å². The van der Waals surface area contributed by atoms with E-state index in [4.69, 9.17) is 4.74 Å². The topological polar surface area (TPSA) is 29.5 Å². The van der Waals surface area contributed by atoms with Crippen molar-refractivity contribution in [3.8, 4) is 16.9 Å². The maximum atomic E-state index is 12.7. The van der Waals surface area contributed by atoms with Gasteiger partial charge in [-0.1, -0.05) is 60.7 Å². The Kier molecular flexibility index (Phi) is 4.44. The lowest BCUT2D eigenvalue weighted by Crippen LogP contribution is -2.39. The van der Waals surface area contributed by atoms with Crippen LogP contribution in [0.1, 0.15) is 12.5 Å². The number of carbonyl (C=O) groups excluding carboxylic acids is 1. The zero-order chi connectivity index (χ0) is 17.9. The van der Waals surface area contributed by atoms with Crippen LogP contribution in [0.2, 0.25) is 0 Å². The van der Waals surface area contributed by atoms with E-state index >= 15 is 0 Å². The van der Waals surface area contributed by atoms with Gasteiger partial charge in [0.2, 0.25) is 0 Å². The van der Waals surface area contributed by atoms with Crippen molar-refractivity contribution >= 4 is 11.6 Å². The van der Waals surface area contributed by atoms with Crippen molar-refractivity contribution < 1.29 is 9.53 Å². The van der Waals surface area contributed by atoms with Crippen molar-refractivity contribution in [2.24, 2.45) is 0 Å². The van der Waals surface area contributed by atoms with E-state index in [2.05, 4.69) is 25.1 Å². The molecule has 1 aliphatic heterocycles. The Labute approximate surface area is 153 Å². The molecule has 0 N–H and O–H groups in total. The van der Waals surface area contributed by atoms with Gasteiger partial charge in [0.05, 0.1) is 0 Å². The molecule has 0 unspecified atom stereocenters. The zero-order valence-electron chi connectivity index (χ0n) is 14.8. The molecule has 1 atom stereocenters. The Bertz CT molecular complexity index is 903. The smallest absolute Gasteiger partial charge is 0.265 e. The number of ether oxygens (including phenoxy) is 1. The van der Waals surface area contributed by atoms with Crippen LogP contribution in [-0.4, -0.2) is 18.6 Å². The molecule has 0 aliphatic carbocycles. The molecule has 3 nitrogen and oxygen atoms in total. The summed E-state index contributed by atoms with van der Waals surface area (Å²) in [7, 11) is 0. The van der Waals surface area contributed by atoms with E-state index in [9.17, 15) is 4.79 Å². The SMILES string of the molecule is C[C@H]1Cc2ccccc2N1C(=O)COc1ccc(-c2ccccc2)cc1. The molecule has 0 fully saturated rings. The lowest BCUT2D eigenvalue weighted by molar-refractivity contribution is -0.120. The van der Waals surface area contributed by atoms with Crippen molar-refractivity contribution in [1.29, 1.82) is 0 Å². The molecule has 130 valence electrons. The zero-order valence-corrected chi connectivity index (χ0v) is 14.8. The van der Waals surface area contributed by atoms with Crippen molar-refractivity contribution in [3.63, 3.8) is 0 Å². The molecular weight excluding hydrogens is 322 g/mol. The minimum absolute atomic E-state index is 0.00501. The van der Waals surface area contributed by atoms with Crippen LogP contribution < -0.4 is 9.64 Å². The Hall–Kier alpha value is -3.07. The van der Waals surface area contributed by atoms with Gasteiger partial charge in [0.1, 0.15) is 5.75 Å². The molecule has 26 heavy (non-hydrogen) atoms. The van der Waals surface area contributed by atoms with Crippen LogP contribution >= 0.6 is 0 Å². The molecule has 0 bridgehead atoms. The lowest BCUT2D eigenvalue weighted by Gasteiger charge is -2.22. The predicted octanol–water partition coefficient (Wildman–Crippen LogP) is 4.71. The molecule has 3 heteroatoms. The fraction of sp³-hybridized carbons (Fsp3) is 0.174. The van der Waals surface area contributed by atoms with Gasteiger partial charge in [-0.2, -0.15) is 0 Å². The van der Waals surface area contributed by atoms with E-state index in [0.717, 1.165) is 23.2 Å². The van der Waals surface area contributed by atoms with Crippen LogP contribution in [0.3, 0.4) is 0 Å². The van der Waals surface area contributed by atoms with E-state index in [1.165, 1.54) is 5.56 Å². The molecule has 4 rings (SSSR count). The number of para-hydroxylation sites is 1. The van der Waals surface area contributed by atoms with E-state index in [1.54, 1.807) is 0 Å². The third-order valence-electron chi connectivity index (χ3n) is 4.80. The Morgan fingerprint density at radius 3 is 2.35 bits per heavy atom. The van der Waals surface area contributed by atoms with Crippen LogP contribution in [0.4, 0.5) is 5.69 Å². The Morgan fingerprint density at radius 1 is 0.923 bits per heavy atom. The summed E-state index contributed by atoms with van der Waals surface area (Å²) in [5.74, 6) is 0.702. The number of hydrogen-bond acceptors (Lipinski definition) is 2. The Morgan fingerprint density at radius 2 is 1.58 bits per heavy atom. The first-order chi connectivity index (χ1) is 12.7. The third-order valence-corrected chi connectivity index (χ3v) is 4.80. The number of amides is 1. The quantitative estimate of drug-likeness (QED) is 0.686. The number of benzene rings is 3. The summed E-state index contributed by atoms with van der Waals surface area (Å²) < 4.78 is 5.74. The molecule has 0 aromatic heterocycles. The molecule has 0 saturated heterocycles. The standard InChI is InChI=1S/C23H21NO2/c1-17-15-20-9-5-6-10-22(20)24(17)23(25)16-26-21-13-11-19(12-14-21)18-7-3-2-4-8-18/h2-14,17H,15-16H2,1H3/t17-/m0/s1. The summed E-state index contributed by atoms with van der Waals surface area (Å²) in [4.78, 5) is 14.5. The fourth-order valence-electron chi connectivity index (χ4n) is 3.53. The molecule has 0 saturated carbocycles. The summed E-state index contributed by atoms with van der Waals surface area (Å²) in [6, 6.07) is 26.3. The number of rotatable bonds is 4. The van der Waals surface area contributed by atoms with Crippen molar-refractivity contribution in [1.82, 2.24) is 0 Å². The van der Waals surface area contributed by atoms with Gasteiger partial charge in [-0.05, 0) is 48.2 Å². The minimum Gasteiger partial charge on any atom is -0.484 e. The van der Waals surface area contributed by atoms with Crippen LogP contribution in [0.25, 0.3) is 11.1 Å². The fourth-order valence-corrected chi connectivity index (χ4v) is 3.53. The number of anilines is 1. The Balaban J connectivity index is 1.42. The predicted molar refractivity (Wildman–Crippen MR) is 104 cm³/mol. The van der Waals surface area contributed by atoms with Gasteiger partial charge in [0.25, 0.3) is 5.91 Å².